The van der Waals surface area contributed by atoms with Crippen LogP contribution < -0.4 is 10.5 Å². The van der Waals surface area contributed by atoms with Gasteiger partial charge in [0.25, 0.3) is 0 Å². The molecule has 4 nitrogen and oxygen atoms in total. The summed E-state index contributed by atoms with van der Waals surface area (Å²) in [5.74, 6) is -0.0398. The summed E-state index contributed by atoms with van der Waals surface area (Å²) in [6, 6.07) is 5.36. The SMILES string of the molecule is C[C@@H](N)C(=O)N(C)CCOc1cccc(F)c1. The van der Waals surface area contributed by atoms with E-state index in [4.69, 9.17) is 10.5 Å². The van der Waals surface area contributed by atoms with Crippen LogP contribution in [0.15, 0.2) is 24.3 Å². The molecular weight excluding hydrogens is 223 g/mol. The molecule has 17 heavy (non-hydrogen) atoms. The normalized spacial score (nSPS) is 12.0. The summed E-state index contributed by atoms with van der Waals surface area (Å²) in [5, 5.41) is 0. The van der Waals surface area contributed by atoms with Gasteiger partial charge in [-0.05, 0) is 19.1 Å². The Bertz CT molecular complexity index is 383. The lowest BCUT2D eigenvalue weighted by atomic mass is 10.3. The maximum atomic E-state index is 12.8. The Kier molecular flexibility index (Phi) is 4.90. The quantitative estimate of drug-likeness (QED) is 0.835. The largest absolute Gasteiger partial charge is 0.492 e. The van der Waals surface area contributed by atoms with E-state index in [0.29, 0.717) is 18.9 Å². The molecule has 0 unspecified atom stereocenters. The maximum absolute atomic E-state index is 12.8. The lowest BCUT2D eigenvalue weighted by Crippen LogP contribution is -2.41. The average Bonchev–Trinajstić information content (AvgIpc) is 2.27. The van der Waals surface area contributed by atoms with Crippen LogP contribution in [0.25, 0.3) is 0 Å². The van der Waals surface area contributed by atoms with Gasteiger partial charge in [0.05, 0.1) is 12.6 Å². The van der Waals surface area contributed by atoms with E-state index < -0.39 is 6.04 Å². The van der Waals surface area contributed by atoms with Gasteiger partial charge in [0.15, 0.2) is 0 Å². The van der Waals surface area contributed by atoms with Gasteiger partial charge in [-0.3, -0.25) is 4.79 Å². The first-order chi connectivity index (χ1) is 8.00. The number of rotatable bonds is 5. The smallest absolute Gasteiger partial charge is 0.239 e. The van der Waals surface area contributed by atoms with Crippen LogP contribution in [0.4, 0.5) is 4.39 Å². The summed E-state index contributed by atoms with van der Waals surface area (Å²) >= 11 is 0. The average molecular weight is 240 g/mol. The molecule has 0 aliphatic carbocycles. The molecule has 0 aliphatic heterocycles. The summed E-state index contributed by atoms with van der Waals surface area (Å²) in [5.41, 5.74) is 5.46. The zero-order chi connectivity index (χ0) is 12.8. The Balaban J connectivity index is 2.35. The number of nitrogens with zero attached hydrogens (tertiary/aromatic N) is 1. The first-order valence-electron chi connectivity index (χ1n) is 5.39. The number of hydrogen-bond acceptors (Lipinski definition) is 3. The second kappa shape index (κ2) is 6.20. The van der Waals surface area contributed by atoms with Crippen molar-refractivity contribution < 1.29 is 13.9 Å². The van der Waals surface area contributed by atoms with Gasteiger partial charge < -0.3 is 15.4 Å². The van der Waals surface area contributed by atoms with Crippen LogP contribution in [-0.2, 0) is 4.79 Å². The second-order valence-electron chi connectivity index (χ2n) is 3.85. The number of carbonyl (C=O) groups excluding carboxylic acids is 1. The highest BCUT2D eigenvalue weighted by atomic mass is 19.1. The van der Waals surface area contributed by atoms with Crippen molar-refractivity contribution in [1.29, 1.82) is 0 Å². The highest BCUT2D eigenvalue weighted by molar-refractivity contribution is 5.80. The summed E-state index contributed by atoms with van der Waals surface area (Å²) in [4.78, 5) is 12.9. The molecular formula is C12H17FN2O2. The van der Waals surface area contributed by atoms with Crippen LogP contribution in [0.2, 0.25) is 0 Å². The molecule has 0 bridgehead atoms. The molecule has 1 aromatic rings. The Morgan fingerprint density at radius 2 is 2.29 bits per heavy atom. The van der Waals surface area contributed by atoms with E-state index in [1.54, 1.807) is 26.1 Å². The molecule has 0 spiro atoms. The van der Waals surface area contributed by atoms with Crippen LogP contribution in [0.1, 0.15) is 6.92 Å². The van der Waals surface area contributed by atoms with Crippen LogP contribution in [0, 0.1) is 5.82 Å². The van der Waals surface area contributed by atoms with E-state index in [1.165, 1.54) is 17.0 Å². The molecule has 0 saturated carbocycles. The van der Waals surface area contributed by atoms with Gasteiger partial charge >= 0.3 is 0 Å². The predicted octanol–water partition coefficient (Wildman–Crippen LogP) is 1.01. The highest BCUT2D eigenvalue weighted by Gasteiger charge is 2.12. The molecule has 1 rings (SSSR count). The number of likely N-dealkylation sites (N-methyl/N-ethyl adjacent to an activating group) is 1. The lowest BCUT2D eigenvalue weighted by Gasteiger charge is -2.19. The number of carbonyl (C=O) groups is 1. The van der Waals surface area contributed by atoms with Crippen molar-refractivity contribution in [3.63, 3.8) is 0 Å². The minimum absolute atomic E-state index is 0.146. The number of halogens is 1. The molecule has 0 aliphatic rings. The van der Waals surface area contributed by atoms with Gasteiger partial charge in [-0.25, -0.2) is 4.39 Å². The number of nitrogens with two attached hydrogens (primary N) is 1. The number of amides is 1. The number of hydrogen-bond donors (Lipinski definition) is 1. The Morgan fingerprint density at radius 3 is 2.88 bits per heavy atom. The Hall–Kier alpha value is -1.62. The van der Waals surface area contributed by atoms with Gasteiger partial charge in [-0.1, -0.05) is 6.07 Å². The molecule has 0 aromatic heterocycles. The summed E-state index contributed by atoms with van der Waals surface area (Å²) in [6.45, 7) is 2.35. The van der Waals surface area contributed by atoms with Crippen molar-refractivity contribution in [2.24, 2.45) is 5.73 Å². The van der Waals surface area contributed by atoms with Gasteiger partial charge in [0, 0.05) is 13.1 Å². The molecule has 1 aromatic carbocycles. The standard InChI is InChI=1S/C12H17FN2O2/c1-9(14)12(16)15(2)6-7-17-11-5-3-4-10(13)8-11/h3-5,8-9H,6-7,14H2,1-2H3/t9-/m1/s1. The van der Waals surface area contributed by atoms with Gasteiger partial charge in [-0.15, -0.1) is 0 Å². The van der Waals surface area contributed by atoms with Crippen LogP contribution in [0.5, 0.6) is 5.75 Å². The minimum atomic E-state index is -0.519. The monoisotopic (exact) mass is 240 g/mol. The summed E-state index contributed by atoms with van der Waals surface area (Å²) < 4.78 is 18.1. The molecule has 0 fully saturated rings. The molecule has 0 heterocycles. The minimum Gasteiger partial charge on any atom is -0.492 e. The fourth-order valence-corrected chi connectivity index (χ4v) is 1.32. The van der Waals surface area contributed by atoms with Crippen molar-refractivity contribution in [2.75, 3.05) is 20.2 Å². The fraction of sp³-hybridized carbons (Fsp3) is 0.417. The second-order valence-corrected chi connectivity index (χ2v) is 3.85. The number of benzene rings is 1. The van der Waals surface area contributed by atoms with E-state index in [0.717, 1.165) is 0 Å². The summed E-state index contributed by atoms with van der Waals surface area (Å²) in [6.07, 6.45) is 0. The highest BCUT2D eigenvalue weighted by Crippen LogP contribution is 2.11. The van der Waals surface area contributed by atoms with E-state index in [2.05, 4.69) is 0 Å². The van der Waals surface area contributed by atoms with Crippen LogP contribution in [-0.4, -0.2) is 37.0 Å². The molecule has 0 radical (unpaired) electrons. The Morgan fingerprint density at radius 1 is 1.59 bits per heavy atom. The van der Waals surface area contributed by atoms with Crippen molar-refractivity contribution in [1.82, 2.24) is 4.90 Å². The first kappa shape index (κ1) is 13.4. The number of ether oxygens (including phenoxy) is 1. The van der Waals surface area contributed by atoms with Gasteiger partial charge in [-0.2, -0.15) is 0 Å². The van der Waals surface area contributed by atoms with Gasteiger partial charge in [0.1, 0.15) is 18.2 Å². The lowest BCUT2D eigenvalue weighted by molar-refractivity contribution is -0.131. The van der Waals surface area contributed by atoms with E-state index in [-0.39, 0.29) is 11.7 Å². The van der Waals surface area contributed by atoms with Crippen molar-refractivity contribution in [2.45, 2.75) is 13.0 Å². The Labute approximate surface area is 100 Å². The summed E-state index contributed by atoms with van der Waals surface area (Å²) in [7, 11) is 1.65. The maximum Gasteiger partial charge on any atom is 0.239 e. The zero-order valence-electron chi connectivity index (χ0n) is 10.0. The molecule has 1 amide bonds. The predicted molar refractivity (Wildman–Crippen MR) is 63.2 cm³/mol. The fourth-order valence-electron chi connectivity index (χ4n) is 1.32. The van der Waals surface area contributed by atoms with Crippen molar-refractivity contribution in [3.8, 4) is 5.75 Å². The first-order valence-corrected chi connectivity index (χ1v) is 5.39. The molecule has 1 atom stereocenters. The van der Waals surface area contributed by atoms with Gasteiger partial charge in [0.2, 0.25) is 5.91 Å². The third kappa shape index (κ3) is 4.40. The van der Waals surface area contributed by atoms with Crippen LogP contribution >= 0.6 is 0 Å². The molecule has 2 N–H and O–H groups in total. The third-order valence-electron chi connectivity index (χ3n) is 2.26. The van der Waals surface area contributed by atoms with Crippen molar-refractivity contribution >= 4 is 5.91 Å². The van der Waals surface area contributed by atoms with E-state index in [1.807, 2.05) is 0 Å². The third-order valence-corrected chi connectivity index (χ3v) is 2.26. The van der Waals surface area contributed by atoms with Crippen molar-refractivity contribution in [3.05, 3.63) is 30.1 Å². The topological polar surface area (TPSA) is 55.6 Å². The molecule has 94 valence electrons. The molecule has 0 saturated heterocycles. The van der Waals surface area contributed by atoms with E-state index >= 15 is 0 Å². The molecule has 5 heteroatoms. The zero-order valence-corrected chi connectivity index (χ0v) is 10.0. The van der Waals surface area contributed by atoms with Crippen LogP contribution in [0.3, 0.4) is 0 Å². The van der Waals surface area contributed by atoms with E-state index in [9.17, 15) is 9.18 Å².